The van der Waals surface area contributed by atoms with Crippen LogP contribution in [-0.4, -0.2) is 26.2 Å². The Hall–Kier alpha value is -1.91. The maximum absolute atomic E-state index is 11.9. The first-order valence-electron chi connectivity index (χ1n) is 5.41. The van der Waals surface area contributed by atoms with Gasteiger partial charge in [0.1, 0.15) is 11.1 Å². The Balaban J connectivity index is 2.40. The second-order valence-electron chi connectivity index (χ2n) is 4.89. The highest BCUT2D eigenvalue weighted by molar-refractivity contribution is 5.84. The summed E-state index contributed by atoms with van der Waals surface area (Å²) < 4.78 is 6.64. The predicted octanol–water partition coefficient (Wildman–Crippen LogP) is 2.52. The SMILES string of the molecule is Cc1cnc2c(ccn2C(=O)OC(C)(C)C)n1. The molecule has 17 heavy (non-hydrogen) atoms. The van der Waals surface area contributed by atoms with Crippen molar-refractivity contribution in [1.29, 1.82) is 0 Å². The first kappa shape index (κ1) is 11.6. The molecule has 0 aromatic carbocycles. The van der Waals surface area contributed by atoms with Gasteiger partial charge in [0.15, 0.2) is 5.65 Å². The smallest absolute Gasteiger partial charge is 0.420 e. The molecule has 90 valence electrons. The average molecular weight is 233 g/mol. The summed E-state index contributed by atoms with van der Waals surface area (Å²) in [5, 5.41) is 0. The van der Waals surface area contributed by atoms with Crippen molar-refractivity contribution in [3.05, 3.63) is 24.2 Å². The summed E-state index contributed by atoms with van der Waals surface area (Å²) in [6, 6.07) is 1.75. The van der Waals surface area contributed by atoms with Gasteiger partial charge in [-0.05, 0) is 33.8 Å². The fraction of sp³-hybridized carbons (Fsp3) is 0.417. The molecule has 0 saturated heterocycles. The minimum absolute atomic E-state index is 0.439. The van der Waals surface area contributed by atoms with E-state index in [2.05, 4.69) is 9.97 Å². The van der Waals surface area contributed by atoms with Gasteiger partial charge in [-0.15, -0.1) is 0 Å². The van der Waals surface area contributed by atoms with Crippen molar-refractivity contribution in [3.8, 4) is 0 Å². The molecule has 2 heterocycles. The molecular weight excluding hydrogens is 218 g/mol. The molecule has 5 heteroatoms. The number of carbonyl (C=O) groups excluding carboxylic acids is 1. The van der Waals surface area contributed by atoms with Gasteiger partial charge >= 0.3 is 6.09 Å². The van der Waals surface area contributed by atoms with Crippen molar-refractivity contribution in [2.45, 2.75) is 33.3 Å². The Labute approximate surface area is 99.4 Å². The molecule has 2 rings (SSSR count). The van der Waals surface area contributed by atoms with E-state index in [-0.39, 0.29) is 0 Å². The van der Waals surface area contributed by atoms with Crippen LogP contribution in [0.1, 0.15) is 26.5 Å². The summed E-state index contributed by atoms with van der Waals surface area (Å²) >= 11 is 0. The lowest BCUT2D eigenvalue weighted by Gasteiger charge is -2.19. The Morgan fingerprint density at radius 3 is 2.76 bits per heavy atom. The molecule has 5 nitrogen and oxygen atoms in total. The Morgan fingerprint density at radius 2 is 2.12 bits per heavy atom. The highest BCUT2D eigenvalue weighted by Gasteiger charge is 2.19. The van der Waals surface area contributed by atoms with Gasteiger partial charge in [-0.25, -0.2) is 19.3 Å². The Kier molecular flexibility index (Phi) is 2.61. The fourth-order valence-corrected chi connectivity index (χ4v) is 1.46. The van der Waals surface area contributed by atoms with Crippen LogP contribution in [0, 0.1) is 6.92 Å². The summed E-state index contributed by atoms with van der Waals surface area (Å²) in [4.78, 5) is 20.4. The van der Waals surface area contributed by atoms with Gasteiger partial charge in [0.05, 0.1) is 11.9 Å². The van der Waals surface area contributed by atoms with E-state index in [4.69, 9.17) is 4.74 Å². The number of ether oxygens (including phenoxy) is 1. The normalized spacial score (nSPS) is 11.8. The van der Waals surface area contributed by atoms with E-state index < -0.39 is 11.7 Å². The Morgan fingerprint density at radius 1 is 1.41 bits per heavy atom. The van der Waals surface area contributed by atoms with E-state index in [9.17, 15) is 4.79 Å². The zero-order chi connectivity index (χ0) is 12.6. The van der Waals surface area contributed by atoms with Crippen molar-refractivity contribution < 1.29 is 9.53 Å². The second-order valence-corrected chi connectivity index (χ2v) is 4.89. The number of carbonyl (C=O) groups is 1. The lowest BCUT2D eigenvalue weighted by atomic mass is 10.2. The van der Waals surface area contributed by atoms with E-state index >= 15 is 0 Å². The molecule has 0 spiro atoms. The predicted molar refractivity (Wildman–Crippen MR) is 63.9 cm³/mol. The maximum atomic E-state index is 11.9. The number of fused-ring (bicyclic) bond motifs is 1. The molecule has 0 fully saturated rings. The molecular formula is C12H15N3O2. The molecule has 0 aliphatic heterocycles. The lowest BCUT2D eigenvalue weighted by molar-refractivity contribution is 0.0543. The topological polar surface area (TPSA) is 57.0 Å². The van der Waals surface area contributed by atoms with E-state index in [1.165, 1.54) is 4.57 Å². The Bertz CT molecular complexity index is 567. The van der Waals surface area contributed by atoms with E-state index in [0.717, 1.165) is 5.69 Å². The lowest BCUT2D eigenvalue weighted by Crippen LogP contribution is -2.26. The molecule has 0 N–H and O–H groups in total. The van der Waals surface area contributed by atoms with Crippen molar-refractivity contribution in [1.82, 2.24) is 14.5 Å². The van der Waals surface area contributed by atoms with E-state index in [1.54, 1.807) is 18.5 Å². The fourth-order valence-electron chi connectivity index (χ4n) is 1.46. The van der Waals surface area contributed by atoms with Gasteiger partial charge in [-0.1, -0.05) is 0 Å². The van der Waals surface area contributed by atoms with Gasteiger partial charge in [0.25, 0.3) is 0 Å². The molecule has 0 unspecified atom stereocenters. The van der Waals surface area contributed by atoms with Crippen LogP contribution in [0.25, 0.3) is 11.2 Å². The van der Waals surface area contributed by atoms with Crippen molar-refractivity contribution >= 4 is 17.3 Å². The van der Waals surface area contributed by atoms with E-state index in [1.807, 2.05) is 27.7 Å². The molecule has 0 aliphatic rings. The molecule has 0 saturated carbocycles. The van der Waals surface area contributed by atoms with Gasteiger partial charge in [-0.3, -0.25) is 0 Å². The minimum atomic E-state index is -0.522. The largest absolute Gasteiger partial charge is 0.443 e. The molecule has 2 aromatic heterocycles. The molecule has 0 radical (unpaired) electrons. The van der Waals surface area contributed by atoms with Gasteiger partial charge in [0.2, 0.25) is 0 Å². The van der Waals surface area contributed by atoms with Crippen LogP contribution in [-0.2, 0) is 4.74 Å². The number of aryl methyl sites for hydroxylation is 1. The third kappa shape index (κ3) is 2.43. The number of hydrogen-bond acceptors (Lipinski definition) is 4. The average Bonchev–Trinajstić information content (AvgIpc) is 2.57. The monoisotopic (exact) mass is 233 g/mol. The van der Waals surface area contributed by atoms with Crippen LogP contribution in [0.2, 0.25) is 0 Å². The summed E-state index contributed by atoms with van der Waals surface area (Å²) in [6.07, 6.45) is 2.81. The summed E-state index contributed by atoms with van der Waals surface area (Å²) in [6.45, 7) is 7.34. The zero-order valence-electron chi connectivity index (χ0n) is 10.4. The van der Waals surface area contributed by atoms with Crippen molar-refractivity contribution in [2.24, 2.45) is 0 Å². The van der Waals surface area contributed by atoms with E-state index in [0.29, 0.717) is 11.2 Å². The van der Waals surface area contributed by atoms with Crippen LogP contribution in [0.3, 0.4) is 0 Å². The van der Waals surface area contributed by atoms with Crippen molar-refractivity contribution in [2.75, 3.05) is 0 Å². The summed E-state index contributed by atoms with van der Waals surface area (Å²) in [7, 11) is 0. The third-order valence-corrected chi connectivity index (χ3v) is 2.10. The van der Waals surface area contributed by atoms with Crippen LogP contribution >= 0.6 is 0 Å². The molecule has 0 amide bonds. The maximum Gasteiger partial charge on any atom is 0.420 e. The van der Waals surface area contributed by atoms with Crippen LogP contribution in [0.5, 0.6) is 0 Å². The quantitative estimate of drug-likeness (QED) is 0.701. The second kappa shape index (κ2) is 3.84. The van der Waals surface area contributed by atoms with Crippen LogP contribution in [0.15, 0.2) is 18.5 Å². The first-order chi connectivity index (χ1) is 7.87. The first-order valence-corrected chi connectivity index (χ1v) is 5.41. The standard InChI is InChI=1S/C12H15N3O2/c1-8-7-13-10-9(14-8)5-6-15(10)11(16)17-12(2,3)4/h5-7H,1-4H3. The van der Waals surface area contributed by atoms with Gasteiger partial charge < -0.3 is 4.74 Å². The van der Waals surface area contributed by atoms with Crippen molar-refractivity contribution in [3.63, 3.8) is 0 Å². The van der Waals surface area contributed by atoms with Gasteiger partial charge in [0, 0.05) is 6.20 Å². The third-order valence-electron chi connectivity index (χ3n) is 2.10. The van der Waals surface area contributed by atoms with Crippen LogP contribution < -0.4 is 0 Å². The number of aromatic nitrogens is 3. The molecule has 0 aliphatic carbocycles. The number of hydrogen-bond donors (Lipinski definition) is 0. The van der Waals surface area contributed by atoms with Crippen LogP contribution in [0.4, 0.5) is 4.79 Å². The highest BCUT2D eigenvalue weighted by atomic mass is 16.6. The minimum Gasteiger partial charge on any atom is -0.443 e. The summed E-state index contributed by atoms with van der Waals surface area (Å²) in [5.74, 6) is 0. The number of nitrogens with zero attached hydrogens (tertiary/aromatic N) is 3. The number of rotatable bonds is 0. The van der Waals surface area contributed by atoms with Gasteiger partial charge in [-0.2, -0.15) is 0 Å². The molecule has 2 aromatic rings. The summed E-state index contributed by atoms with van der Waals surface area (Å²) in [5.41, 5.74) is 1.51. The zero-order valence-corrected chi connectivity index (χ0v) is 10.4. The molecule has 0 bridgehead atoms. The molecule has 0 atom stereocenters. The highest BCUT2D eigenvalue weighted by Crippen LogP contribution is 2.14.